The van der Waals surface area contributed by atoms with Crippen molar-refractivity contribution in [2.45, 2.75) is 12.8 Å². The highest BCUT2D eigenvalue weighted by Gasteiger charge is 2.09. The van der Waals surface area contributed by atoms with Crippen LogP contribution >= 0.6 is 0 Å². The second-order valence-corrected chi connectivity index (χ2v) is 4.22. The molecule has 19 heavy (non-hydrogen) atoms. The molecule has 104 valence electrons. The number of amides is 1. The van der Waals surface area contributed by atoms with Crippen LogP contribution in [0.3, 0.4) is 0 Å². The van der Waals surface area contributed by atoms with Crippen LogP contribution in [0.4, 0.5) is 0 Å². The number of aliphatic hydroxyl groups is 2. The van der Waals surface area contributed by atoms with Crippen LogP contribution in [-0.2, 0) is 4.79 Å². The highest BCUT2D eigenvalue weighted by molar-refractivity contribution is 5.91. The Hall–Kier alpha value is -1.65. The van der Waals surface area contributed by atoms with Crippen LogP contribution in [0.5, 0.6) is 0 Å². The predicted molar refractivity (Wildman–Crippen MR) is 75.5 cm³/mol. The van der Waals surface area contributed by atoms with Crippen LogP contribution in [0, 0.1) is 0 Å². The molecule has 1 aromatic rings. The summed E-state index contributed by atoms with van der Waals surface area (Å²) in [4.78, 5) is 13.6. The van der Waals surface area contributed by atoms with Crippen molar-refractivity contribution in [1.82, 2.24) is 4.90 Å². The van der Waals surface area contributed by atoms with E-state index in [4.69, 9.17) is 10.2 Å². The van der Waals surface area contributed by atoms with Crippen LogP contribution < -0.4 is 0 Å². The van der Waals surface area contributed by atoms with Crippen LogP contribution in [0.25, 0.3) is 6.08 Å². The molecule has 2 N–H and O–H groups in total. The zero-order valence-corrected chi connectivity index (χ0v) is 11.0. The molecule has 0 aliphatic carbocycles. The highest BCUT2D eigenvalue weighted by Crippen LogP contribution is 2.03. The van der Waals surface area contributed by atoms with E-state index in [9.17, 15) is 4.79 Å². The molecule has 0 aromatic heterocycles. The Morgan fingerprint density at radius 3 is 2.16 bits per heavy atom. The lowest BCUT2D eigenvalue weighted by Gasteiger charge is -2.20. The maximum Gasteiger partial charge on any atom is 0.246 e. The molecule has 1 rings (SSSR count). The molecule has 4 heteroatoms. The first-order chi connectivity index (χ1) is 9.27. The first-order valence-corrected chi connectivity index (χ1v) is 6.51. The summed E-state index contributed by atoms with van der Waals surface area (Å²) in [5, 5.41) is 17.6. The van der Waals surface area contributed by atoms with E-state index in [1.165, 1.54) is 6.08 Å². The van der Waals surface area contributed by atoms with Crippen molar-refractivity contribution in [3.8, 4) is 0 Å². The zero-order valence-electron chi connectivity index (χ0n) is 11.0. The number of benzene rings is 1. The van der Waals surface area contributed by atoms with E-state index in [1.54, 1.807) is 11.0 Å². The van der Waals surface area contributed by atoms with Crippen molar-refractivity contribution in [1.29, 1.82) is 0 Å². The molecule has 0 unspecified atom stereocenters. The smallest absolute Gasteiger partial charge is 0.246 e. The van der Waals surface area contributed by atoms with Gasteiger partial charge in [-0.2, -0.15) is 0 Å². The lowest BCUT2D eigenvalue weighted by molar-refractivity contribution is -0.126. The van der Waals surface area contributed by atoms with Gasteiger partial charge in [0.25, 0.3) is 0 Å². The van der Waals surface area contributed by atoms with Gasteiger partial charge in [0.05, 0.1) is 0 Å². The predicted octanol–water partition coefficient (Wildman–Crippen LogP) is 1.29. The van der Waals surface area contributed by atoms with Crippen molar-refractivity contribution >= 4 is 12.0 Å². The Labute approximate surface area is 114 Å². The topological polar surface area (TPSA) is 60.8 Å². The molecule has 1 amide bonds. The van der Waals surface area contributed by atoms with Crippen LogP contribution in [0.1, 0.15) is 18.4 Å². The van der Waals surface area contributed by atoms with Gasteiger partial charge in [0.15, 0.2) is 0 Å². The number of aliphatic hydroxyl groups excluding tert-OH is 2. The SMILES string of the molecule is O=C(C=Cc1ccccc1)N(CCCO)CCCO. The van der Waals surface area contributed by atoms with Crippen molar-refractivity contribution < 1.29 is 15.0 Å². The largest absolute Gasteiger partial charge is 0.396 e. The van der Waals surface area contributed by atoms with Gasteiger partial charge in [0.2, 0.25) is 5.91 Å². The van der Waals surface area contributed by atoms with Crippen LogP contribution in [-0.4, -0.2) is 47.3 Å². The Kier molecular flexibility index (Phi) is 7.54. The Morgan fingerprint density at radius 1 is 1.05 bits per heavy atom. The quantitative estimate of drug-likeness (QED) is 0.695. The van der Waals surface area contributed by atoms with E-state index in [-0.39, 0.29) is 19.1 Å². The van der Waals surface area contributed by atoms with Gasteiger partial charge >= 0.3 is 0 Å². The van der Waals surface area contributed by atoms with Crippen molar-refractivity contribution in [2.24, 2.45) is 0 Å². The highest BCUT2D eigenvalue weighted by atomic mass is 16.3. The van der Waals surface area contributed by atoms with Gasteiger partial charge in [-0.1, -0.05) is 30.3 Å². The van der Waals surface area contributed by atoms with Crippen molar-refractivity contribution in [2.75, 3.05) is 26.3 Å². The molecule has 0 spiro atoms. The van der Waals surface area contributed by atoms with Crippen molar-refractivity contribution in [3.05, 3.63) is 42.0 Å². The maximum absolute atomic E-state index is 12.0. The Bertz CT molecular complexity index is 382. The van der Waals surface area contributed by atoms with Crippen molar-refractivity contribution in [3.63, 3.8) is 0 Å². The molecule has 0 aliphatic heterocycles. The number of hydrogen-bond donors (Lipinski definition) is 2. The minimum atomic E-state index is -0.0919. The minimum Gasteiger partial charge on any atom is -0.396 e. The number of carbonyl (C=O) groups excluding carboxylic acids is 1. The summed E-state index contributed by atoms with van der Waals surface area (Å²) < 4.78 is 0. The minimum absolute atomic E-state index is 0.0608. The summed E-state index contributed by atoms with van der Waals surface area (Å²) in [6, 6.07) is 9.61. The number of hydrogen-bond acceptors (Lipinski definition) is 3. The average molecular weight is 263 g/mol. The third-order valence-corrected chi connectivity index (χ3v) is 2.70. The first-order valence-electron chi connectivity index (χ1n) is 6.51. The zero-order chi connectivity index (χ0) is 13.9. The fourth-order valence-electron chi connectivity index (χ4n) is 1.69. The third-order valence-electron chi connectivity index (χ3n) is 2.70. The number of nitrogens with zero attached hydrogens (tertiary/aromatic N) is 1. The fourth-order valence-corrected chi connectivity index (χ4v) is 1.69. The second-order valence-electron chi connectivity index (χ2n) is 4.22. The normalized spacial score (nSPS) is 10.8. The lowest BCUT2D eigenvalue weighted by atomic mass is 10.2. The van der Waals surface area contributed by atoms with Gasteiger partial charge in [0.1, 0.15) is 0 Å². The van der Waals surface area contributed by atoms with E-state index >= 15 is 0 Å². The number of rotatable bonds is 8. The molecule has 0 radical (unpaired) electrons. The summed E-state index contributed by atoms with van der Waals surface area (Å²) in [5.41, 5.74) is 0.972. The summed E-state index contributed by atoms with van der Waals surface area (Å²) >= 11 is 0. The summed E-state index contributed by atoms with van der Waals surface area (Å²) in [7, 11) is 0. The van der Waals surface area contributed by atoms with Crippen LogP contribution in [0.2, 0.25) is 0 Å². The second kappa shape index (κ2) is 9.30. The molecular weight excluding hydrogens is 242 g/mol. The van der Waals surface area contributed by atoms with Gasteiger partial charge in [-0.3, -0.25) is 4.79 Å². The van der Waals surface area contributed by atoms with E-state index in [0.29, 0.717) is 25.9 Å². The van der Waals surface area contributed by atoms with Gasteiger partial charge in [0, 0.05) is 32.4 Å². The standard InChI is InChI=1S/C15H21NO3/c17-12-4-10-16(11-5-13-18)15(19)9-8-14-6-2-1-3-7-14/h1-3,6-9,17-18H,4-5,10-13H2. The molecule has 0 heterocycles. The first kappa shape index (κ1) is 15.4. The molecule has 0 aliphatic rings. The molecule has 0 saturated carbocycles. The lowest BCUT2D eigenvalue weighted by Crippen LogP contribution is -2.32. The molecule has 0 saturated heterocycles. The monoisotopic (exact) mass is 263 g/mol. The number of carbonyl (C=O) groups is 1. The molecular formula is C15H21NO3. The molecule has 1 aromatic carbocycles. The molecule has 0 bridgehead atoms. The van der Waals surface area contributed by atoms with Gasteiger partial charge < -0.3 is 15.1 Å². The molecule has 4 nitrogen and oxygen atoms in total. The van der Waals surface area contributed by atoms with Crippen LogP contribution in [0.15, 0.2) is 36.4 Å². The van der Waals surface area contributed by atoms with E-state index in [2.05, 4.69) is 0 Å². The summed E-state index contributed by atoms with van der Waals surface area (Å²) in [5.74, 6) is -0.0919. The van der Waals surface area contributed by atoms with E-state index < -0.39 is 0 Å². The maximum atomic E-state index is 12.0. The van der Waals surface area contributed by atoms with Gasteiger partial charge in [-0.25, -0.2) is 0 Å². The average Bonchev–Trinajstić information content (AvgIpc) is 2.46. The van der Waals surface area contributed by atoms with E-state index in [0.717, 1.165) is 5.56 Å². The third kappa shape index (κ3) is 6.18. The summed E-state index contributed by atoms with van der Waals surface area (Å²) in [6.45, 7) is 1.14. The van der Waals surface area contributed by atoms with Gasteiger partial charge in [-0.15, -0.1) is 0 Å². The van der Waals surface area contributed by atoms with E-state index in [1.807, 2.05) is 30.3 Å². The molecule has 0 atom stereocenters. The molecule has 0 fully saturated rings. The Balaban J connectivity index is 2.57. The summed E-state index contributed by atoms with van der Waals surface area (Å²) in [6.07, 6.45) is 4.41. The van der Waals surface area contributed by atoms with Gasteiger partial charge in [-0.05, 0) is 24.5 Å². The fraction of sp³-hybridized carbons (Fsp3) is 0.400. The Morgan fingerprint density at radius 2 is 1.63 bits per heavy atom.